The Bertz CT molecular complexity index is 445. The second kappa shape index (κ2) is 6.79. The number of carbonyl (C=O) groups excluding carboxylic acids is 3. The van der Waals surface area contributed by atoms with E-state index in [-0.39, 0.29) is 30.7 Å². The van der Waals surface area contributed by atoms with Crippen molar-refractivity contribution < 1.29 is 29.0 Å². The van der Waals surface area contributed by atoms with E-state index in [1.807, 2.05) is 0 Å². The van der Waals surface area contributed by atoms with Crippen molar-refractivity contribution >= 4 is 35.0 Å². The van der Waals surface area contributed by atoms with Gasteiger partial charge in [0.15, 0.2) is 6.73 Å². The number of nitrogens with zero attached hydrogens (tertiary/aromatic N) is 2. The summed E-state index contributed by atoms with van der Waals surface area (Å²) in [5, 5.41) is 8.42. The van der Waals surface area contributed by atoms with Gasteiger partial charge in [-0.2, -0.15) is 0 Å². The van der Waals surface area contributed by atoms with Crippen LogP contribution in [0.3, 0.4) is 0 Å². The van der Waals surface area contributed by atoms with Crippen molar-refractivity contribution in [1.82, 2.24) is 9.80 Å². The van der Waals surface area contributed by atoms with Gasteiger partial charge in [0.05, 0.1) is 5.75 Å². The molecule has 2 aliphatic heterocycles. The monoisotopic (exact) mass is 316 g/mol. The summed E-state index contributed by atoms with van der Waals surface area (Å²) in [4.78, 5) is 47.3. The fourth-order valence-electron chi connectivity index (χ4n) is 2.27. The summed E-state index contributed by atoms with van der Waals surface area (Å²) in [6.45, 7) is 0.484. The minimum absolute atomic E-state index is 0.0763. The van der Waals surface area contributed by atoms with Crippen LogP contribution < -0.4 is 0 Å². The lowest BCUT2D eigenvalue weighted by Gasteiger charge is -2.29. The fourth-order valence-corrected chi connectivity index (χ4v) is 2.98. The topological polar surface area (TPSA) is 104 Å². The lowest BCUT2D eigenvalue weighted by Crippen LogP contribution is -2.38. The molecular formula is C12H16N2O6S. The molecule has 0 saturated carbocycles. The van der Waals surface area contributed by atoms with E-state index in [0.717, 1.165) is 16.7 Å². The van der Waals surface area contributed by atoms with Gasteiger partial charge in [-0.1, -0.05) is 11.8 Å². The van der Waals surface area contributed by atoms with Crippen LogP contribution in [0.2, 0.25) is 0 Å². The number of rotatable bonds is 4. The molecule has 2 aliphatic rings. The van der Waals surface area contributed by atoms with Crippen molar-refractivity contribution in [2.75, 3.05) is 25.6 Å². The maximum absolute atomic E-state index is 11.7. The van der Waals surface area contributed by atoms with E-state index in [1.54, 1.807) is 0 Å². The van der Waals surface area contributed by atoms with Crippen molar-refractivity contribution in [3.63, 3.8) is 0 Å². The molecule has 2 fully saturated rings. The number of imide groups is 1. The zero-order valence-electron chi connectivity index (χ0n) is 11.3. The van der Waals surface area contributed by atoms with Gasteiger partial charge in [0.1, 0.15) is 0 Å². The predicted molar refractivity (Wildman–Crippen MR) is 72.6 cm³/mol. The SMILES string of the molecule is O=C(CC1CCN(C(=O)O)CC1)OCN1C(=O)CSC1=O. The molecule has 0 atom stereocenters. The normalized spacial score (nSPS) is 20.0. The summed E-state index contributed by atoms with van der Waals surface area (Å²) in [6.07, 6.45) is 0.452. The number of carbonyl (C=O) groups is 4. The van der Waals surface area contributed by atoms with Crippen LogP contribution in [-0.2, 0) is 14.3 Å². The molecule has 0 radical (unpaired) electrons. The smallest absolute Gasteiger partial charge is 0.407 e. The molecule has 0 aliphatic carbocycles. The van der Waals surface area contributed by atoms with Crippen LogP contribution in [0.15, 0.2) is 0 Å². The number of hydrogen-bond acceptors (Lipinski definition) is 6. The number of hydrogen-bond donors (Lipinski definition) is 1. The molecule has 0 aromatic rings. The number of carboxylic acid groups (broad SMARTS) is 1. The van der Waals surface area contributed by atoms with Crippen LogP contribution >= 0.6 is 11.8 Å². The van der Waals surface area contributed by atoms with Gasteiger partial charge in [-0.3, -0.25) is 14.4 Å². The molecule has 8 nitrogen and oxygen atoms in total. The van der Waals surface area contributed by atoms with E-state index >= 15 is 0 Å². The maximum Gasteiger partial charge on any atom is 0.407 e. The second-order valence-corrected chi connectivity index (χ2v) is 5.87. The molecule has 9 heteroatoms. The molecule has 0 spiro atoms. The third-order valence-corrected chi connectivity index (χ3v) is 4.39. The average Bonchev–Trinajstić information content (AvgIpc) is 2.76. The van der Waals surface area contributed by atoms with E-state index in [2.05, 4.69) is 0 Å². The quantitative estimate of drug-likeness (QED) is 0.770. The molecule has 3 amide bonds. The van der Waals surface area contributed by atoms with Crippen molar-refractivity contribution in [2.24, 2.45) is 5.92 Å². The van der Waals surface area contributed by atoms with Crippen LogP contribution in [0.1, 0.15) is 19.3 Å². The standard InChI is InChI=1S/C12H16N2O6S/c15-9-6-21-12(19)14(9)7-20-10(16)5-8-1-3-13(4-2-8)11(17)18/h8H,1-7H2,(H,17,18). The summed E-state index contributed by atoms with van der Waals surface area (Å²) >= 11 is 0.889. The second-order valence-electron chi connectivity index (χ2n) is 4.94. The molecule has 2 heterocycles. The van der Waals surface area contributed by atoms with E-state index in [4.69, 9.17) is 9.84 Å². The van der Waals surface area contributed by atoms with Crippen LogP contribution in [0, 0.1) is 5.92 Å². The number of ether oxygens (including phenoxy) is 1. The highest BCUT2D eigenvalue weighted by Gasteiger charge is 2.31. The van der Waals surface area contributed by atoms with Gasteiger partial charge in [-0.25, -0.2) is 9.69 Å². The number of likely N-dealkylation sites (tertiary alicyclic amines) is 1. The van der Waals surface area contributed by atoms with Gasteiger partial charge < -0.3 is 14.7 Å². The van der Waals surface area contributed by atoms with Gasteiger partial charge in [-0.15, -0.1) is 0 Å². The number of amides is 3. The lowest BCUT2D eigenvalue weighted by molar-refractivity contribution is -0.150. The minimum Gasteiger partial charge on any atom is -0.465 e. The summed E-state index contributed by atoms with van der Waals surface area (Å²) < 4.78 is 4.95. The Balaban J connectivity index is 1.69. The average molecular weight is 316 g/mol. The highest BCUT2D eigenvalue weighted by molar-refractivity contribution is 8.14. The van der Waals surface area contributed by atoms with Gasteiger partial charge >= 0.3 is 12.1 Å². The molecule has 116 valence electrons. The Morgan fingerprint density at radius 2 is 1.95 bits per heavy atom. The van der Waals surface area contributed by atoms with E-state index in [1.165, 1.54) is 4.90 Å². The van der Waals surface area contributed by atoms with Crippen LogP contribution in [0.5, 0.6) is 0 Å². The summed E-state index contributed by atoms with van der Waals surface area (Å²) in [6, 6.07) is 0. The van der Waals surface area contributed by atoms with E-state index in [9.17, 15) is 19.2 Å². The first-order chi connectivity index (χ1) is 9.97. The highest BCUT2D eigenvalue weighted by atomic mass is 32.2. The Hall–Kier alpha value is -1.77. The van der Waals surface area contributed by atoms with Gasteiger partial charge in [0.25, 0.3) is 5.24 Å². The molecule has 0 aromatic heterocycles. The Morgan fingerprint density at radius 3 is 2.48 bits per heavy atom. The molecule has 1 N–H and O–H groups in total. The molecule has 0 unspecified atom stereocenters. The zero-order valence-corrected chi connectivity index (χ0v) is 12.1. The molecule has 0 bridgehead atoms. The third-order valence-electron chi connectivity index (χ3n) is 3.54. The van der Waals surface area contributed by atoms with Gasteiger partial charge in [0, 0.05) is 19.5 Å². The molecule has 0 aromatic carbocycles. The third kappa shape index (κ3) is 4.10. The summed E-state index contributed by atoms with van der Waals surface area (Å²) in [5.74, 6) is -0.661. The fraction of sp³-hybridized carbons (Fsp3) is 0.667. The largest absolute Gasteiger partial charge is 0.465 e. The Kier molecular flexibility index (Phi) is 5.05. The number of thioether (sulfide) groups is 1. The van der Waals surface area contributed by atoms with Crippen molar-refractivity contribution in [3.8, 4) is 0 Å². The van der Waals surface area contributed by atoms with Crippen LogP contribution in [-0.4, -0.2) is 63.7 Å². The Morgan fingerprint density at radius 1 is 1.29 bits per heavy atom. The van der Waals surface area contributed by atoms with Crippen LogP contribution in [0.25, 0.3) is 0 Å². The van der Waals surface area contributed by atoms with Crippen molar-refractivity contribution in [1.29, 1.82) is 0 Å². The molecular weight excluding hydrogens is 300 g/mol. The van der Waals surface area contributed by atoms with Crippen molar-refractivity contribution in [3.05, 3.63) is 0 Å². The van der Waals surface area contributed by atoms with E-state index in [0.29, 0.717) is 25.9 Å². The van der Waals surface area contributed by atoms with Gasteiger partial charge in [-0.05, 0) is 18.8 Å². The van der Waals surface area contributed by atoms with Crippen molar-refractivity contribution in [2.45, 2.75) is 19.3 Å². The summed E-state index contributed by atoms with van der Waals surface area (Å²) in [7, 11) is 0. The maximum atomic E-state index is 11.7. The number of piperidine rings is 1. The van der Waals surface area contributed by atoms with E-state index < -0.39 is 17.3 Å². The first-order valence-electron chi connectivity index (χ1n) is 6.58. The molecule has 2 saturated heterocycles. The first kappa shape index (κ1) is 15.6. The van der Waals surface area contributed by atoms with Crippen LogP contribution in [0.4, 0.5) is 9.59 Å². The molecule has 2 rings (SSSR count). The minimum atomic E-state index is -0.945. The number of esters is 1. The zero-order chi connectivity index (χ0) is 15.4. The molecule has 21 heavy (non-hydrogen) atoms. The summed E-state index contributed by atoms with van der Waals surface area (Å²) in [5.41, 5.74) is 0. The Labute approximate surface area is 125 Å². The predicted octanol–water partition coefficient (Wildman–Crippen LogP) is 0.963. The first-order valence-corrected chi connectivity index (χ1v) is 7.56. The van der Waals surface area contributed by atoms with Gasteiger partial charge in [0.2, 0.25) is 5.91 Å². The highest BCUT2D eigenvalue weighted by Crippen LogP contribution is 2.22. The lowest BCUT2D eigenvalue weighted by atomic mass is 9.94.